The molecule has 0 fully saturated rings. The number of aldehydes is 1. The molecule has 1 heterocycles. The van der Waals surface area contributed by atoms with Gasteiger partial charge in [-0.3, -0.25) is 4.79 Å². The van der Waals surface area contributed by atoms with Crippen molar-refractivity contribution in [2.45, 2.75) is 32.1 Å². The van der Waals surface area contributed by atoms with Crippen molar-refractivity contribution in [2.75, 3.05) is 0 Å². The highest BCUT2D eigenvalue weighted by atomic mass is 32.1. The van der Waals surface area contributed by atoms with Crippen LogP contribution in [0.25, 0.3) is 0 Å². The van der Waals surface area contributed by atoms with Gasteiger partial charge in [-0.05, 0) is 18.4 Å². The van der Waals surface area contributed by atoms with E-state index in [2.05, 4.69) is 43.1 Å². The van der Waals surface area contributed by atoms with Gasteiger partial charge in [0, 0.05) is 10.8 Å². The Hall–Kier alpha value is -1.48. The molecule has 0 amide bonds. The number of hydrogen-bond donors (Lipinski definition) is 0. The molecule has 3 heteroatoms. The molecule has 0 aliphatic rings. The zero-order valence-electron chi connectivity index (χ0n) is 10.7. The van der Waals surface area contributed by atoms with Crippen molar-refractivity contribution < 1.29 is 4.79 Å². The Morgan fingerprint density at radius 1 is 1.22 bits per heavy atom. The molecule has 2 rings (SSSR count). The van der Waals surface area contributed by atoms with Crippen LogP contribution in [0.4, 0.5) is 0 Å². The Balaban J connectivity index is 2.53. The van der Waals surface area contributed by atoms with Crippen LogP contribution in [0.3, 0.4) is 0 Å². The molecule has 94 valence electrons. The van der Waals surface area contributed by atoms with Gasteiger partial charge < -0.3 is 0 Å². The fraction of sp³-hybridized carbons (Fsp3) is 0.333. The number of benzene rings is 1. The van der Waals surface area contributed by atoms with Gasteiger partial charge in [0.1, 0.15) is 10.7 Å². The first kappa shape index (κ1) is 13.0. The van der Waals surface area contributed by atoms with Crippen molar-refractivity contribution in [1.29, 1.82) is 0 Å². The quantitative estimate of drug-likeness (QED) is 0.758. The minimum atomic E-state index is -0.0623. The normalized spacial score (nSPS) is 11.4. The van der Waals surface area contributed by atoms with E-state index in [1.54, 1.807) is 11.3 Å². The Labute approximate surface area is 112 Å². The van der Waals surface area contributed by atoms with E-state index in [9.17, 15) is 4.79 Å². The molecule has 0 saturated heterocycles. The monoisotopic (exact) mass is 259 g/mol. The second-order valence-electron chi connectivity index (χ2n) is 4.35. The van der Waals surface area contributed by atoms with E-state index < -0.39 is 0 Å². The maximum atomic E-state index is 10.8. The summed E-state index contributed by atoms with van der Waals surface area (Å²) in [7, 11) is 0. The highest BCUT2D eigenvalue weighted by molar-refractivity contribution is 7.10. The molecule has 0 radical (unpaired) electrons. The number of aromatic nitrogens is 1. The first-order valence-electron chi connectivity index (χ1n) is 6.23. The molecule has 1 aromatic carbocycles. The van der Waals surface area contributed by atoms with E-state index in [1.165, 1.54) is 5.56 Å². The van der Waals surface area contributed by atoms with Crippen molar-refractivity contribution in [3.63, 3.8) is 0 Å². The van der Waals surface area contributed by atoms with Crippen LogP contribution in [0.1, 0.15) is 47.7 Å². The van der Waals surface area contributed by atoms with Crippen LogP contribution in [0, 0.1) is 0 Å². The number of hydrogen-bond acceptors (Lipinski definition) is 3. The molecule has 0 atom stereocenters. The Morgan fingerprint density at radius 2 is 1.89 bits per heavy atom. The summed E-state index contributed by atoms with van der Waals surface area (Å²) >= 11 is 1.58. The van der Waals surface area contributed by atoms with Gasteiger partial charge in [-0.15, -0.1) is 11.3 Å². The third-order valence-electron chi connectivity index (χ3n) is 3.59. The maximum absolute atomic E-state index is 10.8. The summed E-state index contributed by atoms with van der Waals surface area (Å²) in [4.78, 5) is 15.3. The lowest BCUT2D eigenvalue weighted by atomic mass is 9.76. The summed E-state index contributed by atoms with van der Waals surface area (Å²) in [6.45, 7) is 4.36. The molecule has 0 N–H and O–H groups in total. The van der Waals surface area contributed by atoms with Gasteiger partial charge in [-0.1, -0.05) is 44.2 Å². The first-order valence-corrected chi connectivity index (χ1v) is 7.11. The van der Waals surface area contributed by atoms with Crippen LogP contribution >= 0.6 is 11.3 Å². The van der Waals surface area contributed by atoms with Gasteiger partial charge in [-0.25, -0.2) is 4.98 Å². The lowest BCUT2D eigenvalue weighted by Crippen LogP contribution is -2.25. The van der Waals surface area contributed by atoms with Crippen molar-refractivity contribution in [1.82, 2.24) is 4.98 Å². The summed E-state index contributed by atoms with van der Waals surface area (Å²) < 4.78 is 0. The van der Waals surface area contributed by atoms with Crippen molar-refractivity contribution in [2.24, 2.45) is 0 Å². The predicted octanol–water partition coefficient (Wildman–Crippen LogP) is 4.06. The highest BCUT2D eigenvalue weighted by Gasteiger charge is 2.33. The molecular weight excluding hydrogens is 242 g/mol. The second kappa shape index (κ2) is 5.44. The smallest absolute Gasteiger partial charge is 0.169 e. The molecule has 1 aromatic heterocycles. The van der Waals surface area contributed by atoms with E-state index in [0.29, 0.717) is 5.69 Å². The third kappa shape index (κ3) is 2.10. The number of thiazole rings is 1. The van der Waals surface area contributed by atoms with Crippen LogP contribution in [0.15, 0.2) is 35.7 Å². The van der Waals surface area contributed by atoms with Crippen molar-refractivity contribution in [3.05, 3.63) is 52.0 Å². The number of nitrogens with zero attached hydrogens (tertiary/aromatic N) is 1. The molecule has 2 nitrogen and oxygen atoms in total. The number of rotatable bonds is 5. The standard InChI is InChI=1S/C15H17NOS/c1-3-15(4-2,12-8-6-5-7-9-12)14-16-13(10-17)11-18-14/h5-11H,3-4H2,1-2H3. The molecular formula is C15H17NOS. The predicted molar refractivity (Wildman–Crippen MR) is 75.3 cm³/mol. The summed E-state index contributed by atoms with van der Waals surface area (Å²) in [6.07, 6.45) is 2.79. The zero-order valence-corrected chi connectivity index (χ0v) is 11.5. The van der Waals surface area contributed by atoms with E-state index in [4.69, 9.17) is 0 Å². The van der Waals surface area contributed by atoms with E-state index in [-0.39, 0.29) is 5.41 Å². The van der Waals surface area contributed by atoms with Gasteiger partial charge >= 0.3 is 0 Å². The SMILES string of the molecule is CCC(CC)(c1ccccc1)c1nc(C=O)cs1. The maximum Gasteiger partial charge on any atom is 0.169 e. The molecule has 0 unspecified atom stereocenters. The fourth-order valence-corrected chi connectivity index (χ4v) is 3.53. The van der Waals surface area contributed by atoms with E-state index in [1.807, 2.05) is 11.4 Å². The molecule has 0 saturated carbocycles. The fourth-order valence-electron chi connectivity index (χ4n) is 2.40. The van der Waals surface area contributed by atoms with Gasteiger partial charge in [0.15, 0.2) is 6.29 Å². The Bertz CT molecular complexity index is 514. The van der Waals surface area contributed by atoms with Gasteiger partial charge in [-0.2, -0.15) is 0 Å². The van der Waals surface area contributed by atoms with E-state index in [0.717, 1.165) is 24.1 Å². The van der Waals surface area contributed by atoms with Crippen LogP contribution in [-0.2, 0) is 5.41 Å². The number of carbonyl (C=O) groups excluding carboxylic acids is 1. The average Bonchev–Trinajstić information content (AvgIpc) is 2.91. The van der Waals surface area contributed by atoms with Crippen LogP contribution in [0.2, 0.25) is 0 Å². The lowest BCUT2D eigenvalue weighted by molar-refractivity contribution is 0.111. The molecule has 0 bridgehead atoms. The highest BCUT2D eigenvalue weighted by Crippen LogP contribution is 2.39. The topological polar surface area (TPSA) is 30.0 Å². The molecule has 18 heavy (non-hydrogen) atoms. The van der Waals surface area contributed by atoms with Gasteiger partial charge in [0.05, 0.1) is 0 Å². The average molecular weight is 259 g/mol. The second-order valence-corrected chi connectivity index (χ2v) is 5.21. The molecule has 2 aromatic rings. The van der Waals surface area contributed by atoms with Crippen molar-refractivity contribution in [3.8, 4) is 0 Å². The van der Waals surface area contributed by atoms with Gasteiger partial charge in [0.25, 0.3) is 0 Å². The largest absolute Gasteiger partial charge is 0.296 e. The van der Waals surface area contributed by atoms with E-state index >= 15 is 0 Å². The summed E-state index contributed by atoms with van der Waals surface area (Å²) in [5.41, 5.74) is 1.76. The molecule has 0 spiro atoms. The molecule has 0 aliphatic carbocycles. The van der Waals surface area contributed by atoms with Crippen LogP contribution < -0.4 is 0 Å². The van der Waals surface area contributed by atoms with Gasteiger partial charge in [0.2, 0.25) is 0 Å². The van der Waals surface area contributed by atoms with Crippen LogP contribution in [-0.4, -0.2) is 11.3 Å². The third-order valence-corrected chi connectivity index (χ3v) is 4.65. The first-order chi connectivity index (χ1) is 8.76. The number of carbonyl (C=O) groups is 1. The summed E-state index contributed by atoms with van der Waals surface area (Å²) in [5.74, 6) is 0. The molecule has 0 aliphatic heterocycles. The lowest BCUT2D eigenvalue weighted by Gasteiger charge is -2.30. The van der Waals surface area contributed by atoms with Crippen molar-refractivity contribution >= 4 is 17.6 Å². The Morgan fingerprint density at radius 3 is 2.39 bits per heavy atom. The zero-order chi connectivity index (χ0) is 13.0. The minimum absolute atomic E-state index is 0.0623. The summed E-state index contributed by atoms with van der Waals surface area (Å²) in [5, 5.41) is 2.88. The minimum Gasteiger partial charge on any atom is -0.296 e. The van der Waals surface area contributed by atoms with Crippen LogP contribution in [0.5, 0.6) is 0 Å². The summed E-state index contributed by atoms with van der Waals surface area (Å²) in [6, 6.07) is 10.4. The Kier molecular flexibility index (Phi) is 3.92.